The van der Waals surface area contributed by atoms with Crippen LogP contribution in [0.5, 0.6) is 11.5 Å². The lowest BCUT2D eigenvalue weighted by molar-refractivity contribution is -0.138. The predicted molar refractivity (Wildman–Crippen MR) is 160 cm³/mol. The largest absolute Gasteiger partial charge is 0.494 e. The third kappa shape index (κ3) is 9.91. The summed E-state index contributed by atoms with van der Waals surface area (Å²) in [5, 5.41) is 0. The zero-order chi connectivity index (χ0) is 28.6. The Labute approximate surface area is 238 Å². The van der Waals surface area contributed by atoms with E-state index in [2.05, 4.69) is 13.8 Å². The lowest BCUT2D eigenvalue weighted by atomic mass is 9.89. The monoisotopic (exact) mass is 554 g/mol. The molecule has 0 spiro atoms. The van der Waals surface area contributed by atoms with Crippen molar-refractivity contribution >= 4 is 0 Å². The molecule has 0 saturated heterocycles. The van der Waals surface area contributed by atoms with Gasteiger partial charge in [0.25, 0.3) is 0 Å². The van der Waals surface area contributed by atoms with Gasteiger partial charge in [-0.05, 0) is 47.7 Å². The molecule has 5 heteroatoms. The van der Waals surface area contributed by atoms with Crippen LogP contribution in [-0.4, -0.2) is 13.2 Å². The predicted octanol–water partition coefficient (Wildman–Crippen LogP) is 11.5. The van der Waals surface area contributed by atoms with Crippen molar-refractivity contribution < 1.29 is 22.6 Å². The average molecular weight is 555 g/mol. The molecule has 0 aliphatic rings. The van der Waals surface area contributed by atoms with Gasteiger partial charge in [0, 0.05) is 5.56 Å². The molecule has 3 aromatic carbocycles. The standard InChI is InChI=1S/C35H45F3O2/c1-3-5-7-9-11-16-26-39-30-22-20-29(21-23-30)33-31(28-18-14-13-15-19-28)24-25-32(34(33)35(36,37)38)40-27-17-12-10-8-6-4-2/h13-15,18-25H,3-12,16-17,26-27H2,1-2H3. The number of unbranched alkanes of at least 4 members (excludes halogenated alkanes) is 10. The summed E-state index contributed by atoms with van der Waals surface area (Å²) in [5.74, 6) is 0.557. The lowest BCUT2D eigenvalue weighted by Gasteiger charge is -2.22. The van der Waals surface area contributed by atoms with Crippen LogP contribution in [0.3, 0.4) is 0 Å². The van der Waals surface area contributed by atoms with Gasteiger partial charge in [0.05, 0.1) is 13.2 Å². The van der Waals surface area contributed by atoms with Gasteiger partial charge in [-0.2, -0.15) is 13.2 Å². The van der Waals surface area contributed by atoms with Crippen molar-refractivity contribution in [3.05, 3.63) is 72.3 Å². The van der Waals surface area contributed by atoms with Gasteiger partial charge in [-0.3, -0.25) is 0 Å². The van der Waals surface area contributed by atoms with E-state index < -0.39 is 11.7 Å². The van der Waals surface area contributed by atoms with Crippen LogP contribution < -0.4 is 9.47 Å². The highest BCUT2D eigenvalue weighted by molar-refractivity contribution is 5.88. The smallest absolute Gasteiger partial charge is 0.420 e. The highest BCUT2D eigenvalue weighted by Gasteiger charge is 2.39. The van der Waals surface area contributed by atoms with Gasteiger partial charge in [-0.25, -0.2) is 0 Å². The molecule has 40 heavy (non-hydrogen) atoms. The first-order chi connectivity index (χ1) is 19.5. The molecular formula is C35H45F3O2. The van der Waals surface area contributed by atoms with Crippen LogP contribution >= 0.6 is 0 Å². The topological polar surface area (TPSA) is 18.5 Å². The number of hydrogen-bond donors (Lipinski definition) is 0. The van der Waals surface area contributed by atoms with E-state index in [-0.39, 0.29) is 17.9 Å². The molecule has 3 aromatic rings. The number of ether oxygens (including phenoxy) is 2. The van der Waals surface area contributed by atoms with Gasteiger partial charge in [0.2, 0.25) is 0 Å². The average Bonchev–Trinajstić information content (AvgIpc) is 2.96. The third-order valence-electron chi connectivity index (χ3n) is 7.20. The van der Waals surface area contributed by atoms with Gasteiger partial charge in [-0.15, -0.1) is 0 Å². The van der Waals surface area contributed by atoms with Crippen molar-refractivity contribution in [2.75, 3.05) is 13.2 Å². The second-order valence-electron chi connectivity index (χ2n) is 10.5. The molecular weight excluding hydrogens is 509 g/mol. The van der Waals surface area contributed by atoms with Crippen molar-refractivity contribution in [3.8, 4) is 33.8 Å². The van der Waals surface area contributed by atoms with E-state index in [4.69, 9.17) is 9.47 Å². The quantitative estimate of drug-likeness (QED) is 0.146. The minimum Gasteiger partial charge on any atom is -0.494 e. The Hall–Kier alpha value is -2.95. The molecule has 0 aliphatic heterocycles. The summed E-state index contributed by atoms with van der Waals surface area (Å²) >= 11 is 0. The molecule has 0 aliphatic carbocycles. The van der Waals surface area contributed by atoms with Gasteiger partial charge in [-0.1, -0.05) is 127 Å². The molecule has 218 valence electrons. The van der Waals surface area contributed by atoms with Crippen LogP contribution in [0.15, 0.2) is 66.7 Å². The normalized spacial score (nSPS) is 11.5. The number of hydrogen-bond acceptors (Lipinski definition) is 2. The Balaban J connectivity index is 1.83. The van der Waals surface area contributed by atoms with Crippen LogP contribution in [0, 0.1) is 0 Å². The van der Waals surface area contributed by atoms with Crippen LogP contribution in [0.25, 0.3) is 22.3 Å². The SMILES string of the molecule is CCCCCCCCOc1ccc(-c2c(-c3ccccc3)ccc(OCCCCCCCC)c2C(F)(F)F)cc1. The van der Waals surface area contributed by atoms with Crippen LogP contribution in [0.2, 0.25) is 0 Å². The number of alkyl halides is 3. The summed E-state index contributed by atoms with van der Waals surface area (Å²) in [6.07, 6.45) is 8.72. The molecule has 0 atom stereocenters. The van der Waals surface area contributed by atoms with Crippen molar-refractivity contribution in [1.82, 2.24) is 0 Å². The summed E-state index contributed by atoms with van der Waals surface area (Å²) in [4.78, 5) is 0. The molecule has 0 heterocycles. The summed E-state index contributed by atoms with van der Waals surface area (Å²) in [6.45, 7) is 5.24. The molecule has 0 aromatic heterocycles. The van der Waals surface area contributed by atoms with E-state index in [1.165, 1.54) is 38.2 Å². The number of halogens is 3. The highest BCUT2D eigenvalue weighted by Crippen LogP contribution is 2.47. The maximum atomic E-state index is 14.7. The fourth-order valence-corrected chi connectivity index (χ4v) is 5.00. The van der Waals surface area contributed by atoms with Gasteiger partial charge >= 0.3 is 6.18 Å². The minimum absolute atomic E-state index is 0.112. The van der Waals surface area contributed by atoms with E-state index >= 15 is 0 Å². The molecule has 3 rings (SSSR count). The molecule has 0 fully saturated rings. The van der Waals surface area contributed by atoms with E-state index in [1.807, 2.05) is 30.3 Å². The molecule has 2 nitrogen and oxygen atoms in total. The van der Waals surface area contributed by atoms with Crippen molar-refractivity contribution in [3.63, 3.8) is 0 Å². The van der Waals surface area contributed by atoms with Crippen molar-refractivity contribution in [1.29, 1.82) is 0 Å². The first-order valence-electron chi connectivity index (χ1n) is 15.1. The van der Waals surface area contributed by atoms with Crippen LogP contribution in [-0.2, 0) is 6.18 Å². The fourth-order valence-electron chi connectivity index (χ4n) is 5.00. The Morgan fingerprint density at radius 3 is 1.68 bits per heavy atom. The van der Waals surface area contributed by atoms with Crippen molar-refractivity contribution in [2.45, 2.75) is 97.1 Å². The molecule has 0 N–H and O–H groups in total. The summed E-state index contributed by atoms with van der Waals surface area (Å²) in [6, 6.07) is 19.4. The van der Waals surface area contributed by atoms with E-state index in [9.17, 15) is 13.2 Å². The second kappa shape index (κ2) is 17.0. The third-order valence-corrected chi connectivity index (χ3v) is 7.20. The van der Waals surface area contributed by atoms with Gasteiger partial charge < -0.3 is 9.47 Å². The summed E-state index contributed by atoms with van der Waals surface area (Å²) < 4.78 is 55.8. The Bertz CT molecular complexity index is 1110. The first-order valence-corrected chi connectivity index (χ1v) is 15.1. The maximum Gasteiger partial charge on any atom is 0.420 e. The zero-order valence-corrected chi connectivity index (χ0v) is 24.2. The van der Waals surface area contributed by atoms with Crippen molar-refractivity contribution in [2.24, 2.45) is 0 Å². The lowest BCUT2D eigenvalue weighted by Crippen LogP contribution is -2.12. The minimum atomic E-state index is -4.58. The zero-order valence-electron chi connectivity index (χ0n) is 24.2. The number of benzene rings is 3. The fraction of sp³-hybridized carbons (Fsp3) is 0.486. The highest BCUT2D eigenvalue weighted by atomic mass is 19.4. The number of rotatable bonds is 18. The van der Waals surface area contributed by atoms with Crippen LogP contribution in [0.1, 0.15) is 96.5 Å². The Kier molecular flexibility index (Phi) is 13.4. The van der Waals surface area contributed by atoms with E-state index in [0.29, 0.717) is 23.5 Å². The Morgan fingerprint density at radius 1 is 0.550 bits per heavy atom. The maximum absolute atomic E-state index is 14.7. The molecule has 0 amide bonds. The molecule has 0 unspecified atom stereocenters. The second-order valence-corrected chi connectivity index (χ2v) is 10.5. The molecule has 0 saturated carbocycles. The first kappa shape index (κ1) is 31.6. The summed E-state index contributed by atoms with van der Waals surface area (Å²) in [5.41, 5.74) is 1.17. The van der Waals surface area contributed by atoms with Crippen LogP contribution in [0.4, 0.5) is 13.2 Å². The van der Waals surface area contributed by atoms with Gasteiger partial charge in [0.15, 0.2) is 0 Å². The summed E-state index contributed by atoms with van der Waals surface area (Å²) in [7, 11) is 0. The molecule has 0 radical (unpaired) electrons. The Morgan fingerprint density at radius 2 is 1.10 bits per heavy atom. The molecule has 0 bridgehead atoms. The van der Waals surface area contributed by atoms with Gasteiger partial charge in [0.1, 0.15) is 17.1 Å². The van der Waals surface area contributed by atoms with E-state index in [0.717, 1.165) is 50.5 Å². The van der Waals surface area contributed by atoms with E-state index in [1.54, 1.807) is 30.3 Å².